The van der Waals surface area contributed by atoms with E-state index in [-0.39, 0.29) is 17.7 Å². The Morgan fingerprint density at radius 1 is 1.38 bits per heavy atom. The van der Waals surface area contributed by atoms with Crippen LogP contribution in [0.1, 0.15) is 25.7 Å². The molecule has 0 aromatic carbocycles. The molecule has 0 N–H and O–H groups in total. The maximum atomic E-state index is 12.4. The highest BCUT2D eigenvalue weighted by atomic mass is 16.5. The summed E-state index contributed by atoms with van der Waals surface area (Å²) in [6, 6.07) is 0. The second-order valence-electron chi connectivity index (χ2n) is 5.04. The average Bonchev–Trinajstić information content (AvgIpc) is 2.62. The van der Waals surface area contributed by atoms with Gasteiger partial charge in [0.05, 0.1) is 7.11 Å². The molecule has 0 radical (unpaired) electrons. The van der Waals surface area contributed by atoms with Gasteiger partial charge in [0.15, 0.2) is 5.78 Å². The molecule has 4 nitrogen and oxygen atoms in total. The molecule has 2 aliphatic rings. The third-order valence-electron chi connectivity index (χ3n) is 4.02. The fraction of sp³-hybridized carbons (Fsp3) is 0.833. The van der Waals surface area contributed by atoms with Crippen molar-refractivity contribution in [2.45, 2.75) is 25.7 Å². The molecule has 1 heterocycles. The minimum Gasteiger partial charge on any atom is -0.468 e. The highest BCUT2D eigenvalue weighted by Gasteiger charge is 2.54. The summed E-state index contributed by atoms with van der Waals surface area (Å²) in [7, 11) is 3.38. The largest absolute Gasteiger partial charge is 0.468 e. The van der Waals surface area contributed by atoms with Crippen LogP contribution in [-0.4, -0.2) is 43.9 Å². The van der Waals surface area contributed by atoms with Gasteiger partial charge in [-0.3, -0.25) is 9.59 Å². The van der Waals surface area contributed by atoms with Crippen LogP contribution in [0.4, 0.5) is 0 Å². The number of esters is 1. The molecule has 0 bridgehead atoms. The average molecular weight is 225 g/mol. The predicted molar refractivity (Wildman–Crippen MR) is 58.9 cm³/mol. The molecular weight excluding hydrogens is 206 g/mol. The lowest BCUT2D eigenvalue weighted by Crippen LogP contribution is -2.49. The zero-order valence-corrected chi connectivity index (χ0v) is 9.99. The first-order valence-corrected chi connectivity index (χ1v) is 5.91. The Kier molecular flexibility index (Phi) is 3.02. The summed E-state index contributed by atoms with van der Waals surface area (Å²) in [5, 5.41) is 0. The van der Waals surface area contributed by atoms with Crippen molar-refractivity contribution in [1.82, 2.24) is 4.90 Å². The number of likely N-dealkylation sites (tertiary alicyclic amines) is 1. The summed E-state index contributed by atoms with van der Waals surface area (Å²) < 4.78 is 4.79. The number of rotatable bonds is 3. The van der Waals surface area contributed by atoms with Gasteiger partial charge in [0.2, 0.25) is 0 Å². The highest BCUT2D eigenvalue weighted by Crippen LogP contribution is 2.45. The first kappa shape index (κ1) is 11.6. The molecule has 0 aromatic rings. The third kappa shape index (κ3) is 1.65. The minimum atomic E-state index is -0.787. The minimum absolute atomic E-state index is 0.0319. The smallest absolute Gasteiger partial charge is 0.319 e. The molecule has 1 unspecified atom stereocenters. The van der Waals surface area contributed by atoms with E-state index in [2.05, 4.69) is 4.90 Å². The number of hydrogen-bond donors (Lipinski definition) is 0. The number of carbonyl (C=O) groups excluding carboxylic acids is 2. The summed E-state index contributed by atoms with van der Waals surface area (Å²) in [6.45, 7) is 1.74. The van der Waals surface area contributed by atoms with Gasteiger partial charge < -0.3 is 9.64 Å². The molecule has 0 spiro atoms. The molecule has 1 aliphatic carbocycles. The zero-order chi connectivity index (χ0) is 11.8. The van der Waals surface area contributed by atoms with Gasteiger partial charge in [0.1, 0.15) is 5.41 Å². The number of methoxy groups -OCH3 is 1. The van der Waals surface area contributed by atoms with E-state index in [4.69, 9.17) is 4.74 Å². The van der Waals surface area contributed by atoms with Crippen molar-refractivity contribution in [3.8, 4) is 0 Å². The van der Waals surface area contributed by atoms with Crippen molar-refractivity contribution in [3.05, 3.63) is 0 Å². The van der Waals surface area contributed by atoms with Crippen molar-refractivity contribution in [1.29, 1.82) is 0 Å². The lowest BCUT2D eigenvalue weighted by molar-refractivity contribution is -0.165. The summed E-state index contributed by atoms with van der Waals surface area (Å²) in [4.78, 5) is 26.3. The topological polar surface area (TPSA) is 46.6 Å². The highest BCUT2D eigenvalue weighted by molar-refractivity contribution is 6.05. The lowest BCUT2D eigenvalue weighted by Gasteiger charge is -2.38. The molecule has 2 fully saturated rings. The van der Waals surface area contributed by atoms with Crippen molar-refractivity contribution in [3.63, 3.8) is 0 Å². The quantitative estimate of drug-likeness (QED) is 0.528. The number of Topliss-reactive ketones (excluding diaryl/α,β-unsaturated/α-hetero) is 1. The van der Waals surface area contributed by atoms with E-state index in [1.165, 1.54) is 7.11 Å². The number of carbonyl (C=O) groups is 2. The Morgan fingerprint density at radius 3 is 2.44 bits per heavy atom. The van der Waals surface area contributed by atoms with E-state index in [0.717, 1.165) is 25.9 Å². The van der Waals surface area contributed by atoms with Gasteiger partial charge in [-0.25, -0.2) is 0 Å². The van der Waals surface area contributed by atoms with Gasteiger partial charge >= 0.3 is 5.97 Å². The third-order valence-corrected chi connectivity index (χ3v) is 4.02. The standard InChI is InChI=1S/C12H19NO3/c1-13-7-4-9(8-13)10(14)12(5-3-6-12)11(15)16-2/h9H,3-8H2,1-2H3. The Morgan fingerprint density at radius 2 is 2.06 bits per heavy atom. The Balaban J connectivity index is 2.10. The van der Waals surface area contributed by atoms with Crippen molar-refractivity contribution in [2.75, 3.05) is 27.2 Å². The molecule has 1 saturated carbocycles. The van der Waals surface area contributed by atoms with Crippen LogP contribution in [0.25, 0.3) is 0 Å². The monoisotopic (exact) mass is 225 g/mol. The summed E-state index contributed by atoms with van der Waals surface area (Å²) in [5.41, 5.74) is -0.787. The van der Waals surface area contributed by atoms with Crippen molar-refractivity contribution in [2.24, 2.45) is 11.3 Å². The predicted octanol–water partition coefficient (Wildman–Crippen LogP) is 0.850. The van der Waals surface area contributed by atoms with Crippen LogP contribution >= 0.6 is 0 Å². The van der Waals surface area contributed by atoms with Crippen LogP contribution in [-0.2, 0) is 14.3 Å². The van der Waals surface area contributed by atoms with Crippen LogP contribution in [0.2, 0.25) is 0 Å². The number of nitrogens with zero attached hydrogens (tertiary/aromatic N) is 1. The molecule has 4 heteroatoms. The number of hydrogen-bond acceptors (Lipinski definition) is 4. The van der Waals surface area contributed by atoms with Crippen LogP contribution in [0.15, 0.2) is 0 Å². The van der Waals surface area contributed by atoms with Crippen LogP contribution in [0.5, 0.6) is 0 Å². The van der Waals surface area contributed by atoms with E-state index in [1.807, 2.05) is 7.05 Å². The first-order chi connectivity index (χ1) is 7.60. The molecule has 1 aliphatic heterocycles. The van der Waals surface area contributed by atoms with E-state index >= 15 is 0 Å². The molecule has 1 atom stereocenters. The molecule has 1 saturated heterocycles. The zero-order valence-electron chi connectivity index (χ0n) is 9.99. The van der Waals surface area contributed by atoms with Gasteiger partial charge in [-0.2, -0.15) is 0 Å². The number of ether oxygens (including phenoxy) is 1. The SMILES string of the molecule is COC(=O)C1(C(=O)C2CCN(C)C2)CCC1. The normalized spacial score (nSPS) is 28.5. The molecule has 16 heavy (non-hydrogen) atoms. The fourth-order valence-electron chi connectivity index (χ4n) is 2.82. The second kappa shape index (κ2) is 4.17. The Labute approximate surface area is 95.9 Å². The van der Waals surface area contributed by atoms with Crippen LogP contribution in [0, 0.1) is 11.3 Å². The van der Waals surface area contributed by atoms with Gasteiger partial charge in [-0.1, -0.05) is 6.42 Å². The maximum Gasteiger partial charge on any atom is 0.319 e. The van der Waals surface area contributed by atoms with E-state index in [0.29, 0.717) is 12.8 Å². The van der Waals surface area contributed by atoms with Crippen LogP contribution < -0.4 is 0 Å². The molecule has 0 aromatic heterocycles. The van der Waals surface area contributed by atoms with E-state index in [1.54, 1.807) is 0 Å². The van der Waals surface area contributed by atoms with Gasteiger partial charge in [0.25, 0.3) is 0 Å². The molecule has 90 valence electrons. The number of ketones is 1. The van der Waals surface area contributed by atoms with Gasteiger partial charge in [-0.05, 0) is 32.9 Å². The molecular formula is C12H19NO3. The van der Waals surface area contributed by atoms with Crippen molar-refractivity contribution >= 4 is 11.8 Å². The second-order valence-corrected chi connectivity index (χ2v) is 5.04. The Hall–Kier alpha value is -0.900. The lowest BCUT2D eigenvalue weighted by atomic mass is 9.63. The van der Waals surface area contributed by atoms with Crippen molar-refractivity contribution < 1.29 is 14.3 Å². The van der Waals surface area contributed by atoms with E-state index in [9.17, 15) is 9.59 Å². The summed E-state index contributed by atoms with van der Waals surface area (Å²) in [5.74, 6) is -0.169. The van der Waals surface area contributed by atoms with Gasteiger partial charge in [-0.15, -0.1) is 0 Å². The fourth-order valence-corrected chi connectivity index (χ4v) is 2.82. The molecule has 0 amide bonds. The molecule has 2 rings (SSSR count). The first-order valence-electron chi connectivity index (χ1n) is 5.91. The Bertz CT molecular complexity index is 309. The summed E-state index contributed by atoms with van der Waals surface area (Å²) >= 11 is 0. The summed E-state index contributed by atoms with van der Waals surface area (Å²) in [6.07, 6.45) is 3.20. The van der Waals surface area contributed by atoms with Gasteiger partial charge in [0, 0.05) is 12.5 Å². The maximum absolute atomic E-state index is 12.4. The van der Waals surface area contributed by atoms with Crippen LogP contribution in [0.3, 0.4) is 0 Å². The van der Waals surface area contributed by atoms with E-state index < -0.39 is 5.41 Å².